The number of benzene rings is 4. The van der Waals surface area contributed by atoms with Crippen molar-refractivity contribution >= 4 is 37.6 Å². The first-order chi connectivity index (χ1) is 17.9. The standard InChI is InChI=1S/C31H26N2O3S/c1-20-12-15-23(16-13-20)37(34,35)33-30-25-17-14-21(2)18-28(25)36-31(30)29(22-8-4-3-5-9-22)26-19-32-27-11-7-6-10-24(26)27/h3-19,29,32-33H,1-2H3. The average Bonchev–Trinajstić information content (AvgIpc) is 3.47. The van der Waals surface area contributed by atoms with Gasteiger partial charge in [0.1, 0.15) is 11.3 Å². The number of hydrogen-bond acceptors (Lipinski definition) is 3. The fourth-order valence-corrected chi connectivity index (χ4v) is 5.98. The quantitative estimate of drug-likeness (QED) is 0.245. The summed E-state index contributed by atoms with van der Waals surface area (Å²) in [6.45, 7) is 3.92. The van der Waals surface area contributed by atoms with Crippen LogP contribution in [0.3, 0.4) is 0 Å². The van der Waals surface area contributed by atoms with Crippen molar-refractivity contribution in [1.29, 1.82) is 0 Å². The molecule has 0 spiro atoms. The number of fused-ring (bicyclic) bond motifs is 2. The highest BCUT2D eigenvalue weighted by molar-refractivity contribution is 7.92. The van der Waals surface area contributed by atoms with E-state index in [9.17, 15) is 8.42 Å². The van der Waals surface area contributed by atoms with Gasteiger partial charge >= 0.3 is 0 Å². The van der Waals surface area contributed by atoms with E-state index in [1.807, 2.05) is 86.8 Å². The van der Waals surface area contributed by atoms with Crippen molar-refractivity contribution < 1.29 is 12.8 Å². The molecular weight excluding hydrogens is 480 g/mol. The van der Waals surface area contributed by atoms with Crippen LogP contribution in [0.25, 0.3) is 21.9 Å². The van der Waals surface area contributed by atoms with Crippen molar-refractivity contribution in [2.45, 2.75) is 24.7 Å². The maximum absolute atomic E-state index is 13.6. The Bertz CT molecular complexity index is 1830. The lowest BCUT2D eigenvalue weighted by atomic mass is 9.88. The molecule has 6 aromatic rings. The Morgan fingerprint density at radius 2 is 1.49 bits per heavy atom. The summed E-state index contributed by atoms with van der Waals surface area (Å²) < 4.78 is 36.6. The summed E-state index contributed by atoms with van der Waals surface area (Å²) in [6, 6.07) is 30.8. The lowest BCUT2D eigenvalue weighted by Crippen LogP contribution is -2.15. The SMILES string of the molecule is Cc1ccc(S(=O)(=O)Nc2c(C(c3ccccc3)c3c[nH]c4ccccc34)oc3cc(C)ccc23)cc1. The Balaban J connectivity index is 1.61. The number of furan rings is 1. The number of nitrogens with one attached hydrogen (secondary N) is 2. The van der Waals surface area contributed by atoms with Gasteiger partial charge in [0.05, 0.1) is 16.5 Å². The van der Waals surface area contributed by atoms with E-state index in [0.29, 0.717) is 17.0 Å². The molecule has 0 fully saturated rings. The van der Waals surface area contributed by atoms with Crippen molar-refractivity contribution in [3.05, 3.63) is 131 Å². The van der Waals surface area contributed by atoms with Gasteiger partial charge in [0.25, 0.3) is 10.0 Å². The smallest absolute Gasteiger partial charge is 0.262 e. The first kappa shape index (κ1) is 23.1. The Morgan fingerprint density at radius 3 is 2.27 bits per heavy atom. The van der Waals surface area contributed by atoms with E-state index < -0.39 is 10.0 Å². The van der Waals surface area contributed by atoms with Gasteiger partial charge < -0.3 is 9.40 Å². The van der Waals surface area contributed by atoms with E-state index in [1.54, 1.807) is 24.3 Å². The predicted octanol–water partition coefficient (Wildman–Crippen LogP) is 7.51. The van der Waals surface area contributed by atoms with E-state index in [-0.39, 0.29) is 10.8 Å². The molecule has 5 nitrogen and oxygen atoms in total. The lowest BCUT2D eigenvalue weighted by molar-refractivity contribution is 0.544. The third-order valence-corrected chi connectivity index (χ3v) is 8.13. The zero-order valence-corrected chi connectivity index (χ0v) is 21.3. The molecule has 0 radical (unpaired) electrons. The van der Waals surface area contributed by atoms with Crippen LogP contribution in [0.5, 0.6) is 0 Å². The molecule has 184 valence electrons. The minimum Gasteiger partial charge on any atom is -0.458 e. The monoisotopic (exact) mass is 506 g/mol. The summed E-state index contributed by atoms with van der Waals surface area (Å²) >= 11 is 0. The molecule has 2 aromatic heterocycles. The maximum atomic E-state index is 13.6. The zero-order valence-electron chi connectivity index (χ0n) is 20.5. The van der Waals surface area contributed by atoms with E-state index in [2.05, 4.69) is 15.8 Å². The Morgan fingerprint density at radius 1 is 0.784 bits per heavy atom. The molecule has 0 aliphatic rings. The van der Waals surface area contributed by atoms with Crippen LogP contribution in [0.1, 0.15) is 33.9 Å². The van der Waals surface area contributed by atoms with E-state index >= 15 is 0 Å². The molecule has 0 amide bonds. The van der Waals surface area contributed by atoms with Crippen LogP contribution in [0.15, 0.2) is 113 Å². The summed E-state index contributed by atoms with van der Waals surface area (Å²) in [5.74, 6) is 0.202. The second kappa shape index (κ2) is 8.98. The summed E-state index contributed by atoms with van der Waals surface area (Å²) in [7, 11) is -3.87. The number of H-pyrrole nitrogens is 1. The zero-order chi connectivity index (χ0) is 25.6. The molecule has 0 saturated heterocycles. The average molecular weight is 507 g/mol. The first-order valence-electron chi connectivity index (χ1n) is 12.1. The van der Waals surface area contributed by atoms with Crippen LogP contribution in [0.2, 0.25) is 0 Å². The van der Waals surface area contributed by atoms with Crippen LogP contribution in [0.4, 0.5) is 5.69 Å². The second-order valence-corrected chi connectivity index (χ2v) is 11.1. The largest absolute Gasteiger partial charge is 0.458 e. The first-order valence-corrected chi connectivity index (χ1v) is 13.6. The number of hydrogen-bond donors (Lipinski definition) is 2. The maximum Gasteiger partial charge on any atom is 0.262 e. The number of anilines is 1. The summed E-state index contributed by atoms with van der Waals surface area (Å²) in [5, 5.41) is 1.78. The highest BCUT2D eigenvalue weighted by atomic mass is 32.2. The molecule has 0 bridgehead atoms. The Kier molecular flexibility index (Phi) is 5.61. The number of rotatable bonds is 6. The van der Waals surface area contributed by atoms with E-state index in [1.165, 1.54) is 0 Å². The van der Waals surface area contributed by atoms with Crippen LogP contribution < -0.4 is 4.72 Å². The summed E-state index contributed by atoms with van der Waals surface area (Å²) in [6.07, 6.45) is 1.99. The van der Waals surface area contributed by atoms with Gasteiger partial charge in [-0.25, -0.2) is 8.42 Å². The normalized spacial score (nSPS) is 12.7. The number of aromatic amines is 1. The van der Waals surface area contributed by atoms with Gasteiger partial charge in [-0.3, -0.25) is 4.72 Å². The molecule has 6 rings (SSSR count). The van der Waals surface area contributed by atoms with Crippen LogP contribution in [0, 0.1) is 13.8 Å². The summed E-state index contributed by atoms with van der Waals surface area (Å²) in [4.78, 5) is 3.57. The third kappa shape index (κ3) is 4.19. The second-order valence-electron chi connectivity index (χ2n) is 9.39. The Labute approximate surface area is 215 Å². The number of aromatic nitrogens is 1. The Hall–Kier alpha value is -4.29. The minimum absolute atomic E-state index is 0.203. The fraction of sp³-hybridized carbons (Fsp3) is 0.0968. The molecule has 37 heavy (non-hydrogen) atoms. The number of sulfonamides is 1. The summed E-state index contributed by atoms with van der Waals surface area (Å²) in [5.41, 5.74) is 6.13. The highest BCUT2D eigenvalue weighted by Crippen LogP contribution is 2.44. The molecular formula is C31H26N2O3S. The van der Waals surface area contributed by atoms with Crippen LogP contribution in [-0.4, -0.2) is 13.4 Å². The molecule has 6 heteroatoms. The molecule has 0 aliphatic heterocycles. The van der Waals surface area contributed by atoms with Crippen molar-refractivity contribution in [3.8, 4) is 0 Å². The van der Waals surface area contributed by atoms with Crippen LogP contribution in [-0.2, 0) is 10.0 Å². The van der Waals surface area contributed by atoms with Gasteiger partial charge in [-0.1, -0.05) is 72.3 Å². The lowest BCUT2D eigenvalue weighted by Gasteiger charge is -2.18. The predicted molar refractivity (Wildman–Crippen MR) is 149 cm³/mol. The molecule has 2 N–H and O–H groups in total. The van der Waals surface area contributed by atoms with Crippen molar-refractivity contribution in [2.75, 3.05) is 4.72 Å². The van der Waals surface area contributed by atoms with E-state index in [4.69, 9.17) is 4.42 Å². The van der Waals surface area contributed by atoms with Gasteiger partial charge in [0.2, 0.25) is 0 Å². The highest BCUT2D eigenvalue weighted by Gasteiger charge is 2.30. The molecule has 2 heterocycles. The van der Waals surface area contributed by atoms with Crippen molar-refractivity contribution in [2.24, 2.45) is 0 Å². The minimum atomic E-state index is -3.87. The van der Waals surface area contributed by atoms with Gasteiger partial charge in [-0.2, -0.15) is 0 Å². The van der Waals surface area contributed by atoms with Gasteiger partial charge in [0.15, 0.2) is 0 Å². The molecule has 1 atom stereocenters. The molecule has 0 aliphatic carbocycles. The van der Waals surface area contributed by atoms with Crippen LogP contribution >= 0.6 is 0 Å². The van der Waals surface area contributed by atoms with E-state index in [0.717, 1.165) is 38.5 Å². The van der Waals surface area contributed by atoms with Crippen molar-refractivity contribution in [3.63, 3.8) is 0 Å². The topological polar surface area (TPSA) is 75.1 Å². The molecule has 1 unspecified atom stereocenters. The van der Waals surface area contributed by atoms with Gasteiger partial charge in [0, 0.05) is 22.5 Å². The van der Waals surface area contributed by atoms with Crippen molar-refractivity contribution in [1.82, 2.24) is 4.98 Å². The van der Waals surface area contributed by atoms with Gasteiger partial charge in [-0.05, 0) is 60.9 Å². The molecule has 4 aromatic carbocycles. The number of aryl methyl sites for hydroxylation is 2. The molecule has 0 saturated carbocycles. The number of para-hydroxylation sites is 1. The fourth-order valence-electron chi connectivity index (χ4n) is 4.89. The van der Waals surface area contributed by atoms with Gasteiger partial charge in [-0.15, -0.1) is 0 Å². The third-order valence-electron chi connectivity index (χ3n) is 6.77.